The van der Waals surface area contributed by atoms with Crippen molar-refractivity contribution in [3.8, 4) is 0 Å². The van der Waals surface area contributed by atoms with Gasteiger partial charge in [0.05, 0.1) is 11.2 Å². The minimum absolute atomic E-state index is 0.0422. The molecule has 47 heavy (non-hydrogen) atoms. The Hall–Kier alpha value is -3.24. The number of unbranched alkanes of at least 4 members (excludes halogenated alkanes) is 4. The molecule has 0 saturated carbocycles. The molecule has 0 aromatic rings. The number of rotatable bonds is 10. The zero-order chi connectivity index (χ0) is 33.3. The number of esters is 2. The van der Waals surface area contributed by atoms with E-state index in [0.717, 1.165) is 68.9 Å². The lowest BCUT2D eigenvalue weighted by Crippen LogP contribution is -2.30. The summed E-state index contributed by atoms with van der Waals surface area (Å²) < 4.78 is 23.1. The monoisotopic (exact) mass is 650 g/mol. The number of carbonyl (C=O) groups excluding carboxylic acids is 4. The van der Waals surface area contributed by atoms with Crippen LogP contribution in [0, 0.1) is 11.8 Å². The quantitative estimate of drug-likeness (QED) is 0.151. The van der Waals surface area contributed by atoms with Crippen LogP contribution in [-0.4, -0.2) is 72.5 Å². The van der Waals surface area contributed by atoms with E-state index < -0.39 is 0 Å². The number of epoxide rings is 2. The standard InChI is InChI=1S/C37H50N2O8/c1-22-26-16-14-24(12-10-18-36(3)30(46-36)28(26)44-34(22)42)32(40)38-20-8-6-5-7-9-21-39-33(41)25-13-11-19-37(4)31(47-37)29-27(17-15-25)23(2)35(43)45-29/h12-13,26-31H,1-2,5-11,14-21H2,3-4H3,(H,38,40)(H,39,41)/b24-12+,25-13+/t26-,27-,28-,29-,30-,31-,36+,37+/m0/s1. The summed E-state index contributed by atoms with van der Waals surface area (Å²) in [5.41, 5.74) is 1.85. The molecule has 6 rings (SSSR count). The maximum atomic E-state index is 13.0. The maximum Gasteiger partial charge on any atom is 0.334 e. The molecule has 10 heteroatoms. The van der Waals surface area contributed by atoms with Crippen LogP contribution >= 0.6 is 0 Å². The molecule has 4 heterocycles. The van der Waals surface area contributed by atoms with Crippen LogP contribution < -0.4 is 10.6 Å². The van der Waals surface area contributed by atoms with E-state index in [1.165, 1.54) is 0 Å². The van der Waals surface area contributed by atoms with Crippen molar-refractivity contribution in [1.29, 1.82) is 0 Å². The first-order valence-corrected chi connectivity index (χ1v) is 17.6. The van der Waals surface area contributed by atoms with Gasteiger partial charge < -0.3 is 29.6 Å². The van der Waals surface area contributed by atoms with E-state index in [9.17, 15) is 19.2 Å². The van der Waals surface area contributed by atoms with Gasteiger partial charge in [0, 0.05) is 47.2 Å². The van der Waals surface area contributed by atoms with Gasteiger partial charge in [0.15, 0.2) is 0 Å². The van der Waals surface area contributed by atoms with E-state index in [2.05, 4.69) is 23.8 Å². The van der Waals surface area contributed by atoms with E-state index in [-0.39, 0.29) is 71.2 Å². The first-order valence-electron chi connectivity index (χ1n) is 17.6. The van der Waals surface area contributed by atoms with Gasteiger partial charge in [-0.2, -0.15) is 0 Å². The van der Waals surface area contributed by atoms with Crippen LogP contribution in [0.4, 0.5) is 0 Å². The van der Waals surface area contributed by atoms with Crippen molar-refractivity contribution in [2.24, 2.45) is 11.8 Å². The van der Waals surface area contributed by atoms with E-state index in [4.69, 9.17) is 18.9 Å². The average Bonchev–Trinajstić information content (AvgIpc) is 3.85. The molecule has 256 valence electrons. The highest BCUT2D eigenvalue weighted by Gasteiger charge is 2.62. The molecule has 4 saturated heterocycles. The van der Waals surface area contributed by atoms with Gasteiger partial charge in [-0.05, 0) is 78.1 Å². The Morgan fingerprint density at radius 3 is 1.55 bits per heavy atom. The summed E-state index contributed by atoms with van der Waals surface area (Å²) in [6.45, 7) is 13.2. The first kappa shape index (κ1) is 33.7. The predicted molar refractivity (Wildman–Crippen MR) is 174 cm³/mol. The molecule has 0 radical (unpaired) electrons. The Bertz CT molecular complexity index is 1280. The maximum absolute atomic E-state index is 13.0. The van der Waals surface area contributed by atoms with Crippen molar-refractivity contribution in [3.63, 3.8) is 0 Å². The van der Waals surface area contributed by atoms with Gasteiger partial charge in [-0.15, -0.1) is 0 Å². The minimum atomic E-state index is -0.349. The van der Waals surface area contributed by atoms with Gasteiger partial charge in [0.25, 0.3) is 0 Å². The molecular formula is C37H50N2O8. The van der Waals surface area contributed by atoms with Gasteiger partial charge in [0.2, 0.25) is 11.8 Å². The van der Waals surface area contributed by atoms with E-state index in [1.807, 2.05) is 26.0 Å². The van der Waals surface area contributed by atoms with Crippen molar-refractivity contribution in [2.45, 2.75) is 133 Å². The topological polar surface area (TPSA) is 136 Å². The number of hydrogen-bond acceptors (Lipinski definition) is 8. The SMILES string of the molecule is C=C1C(=O)O[C@H]2[C@H]1CC/C(C(=O)NCCCCCCCNC(=O)/C1=C/CC[C@@]3(C)O[C@H]3[C@H]3OC(=O)C(=C)[C@@H]3CC1)=C\CC[C@@]1(C)O[C@@H]21. The molecule has 0 aromatic carbocycles. The molecule has 0 aromatic heterocycles. The van der Waals surface area contributed by atoms with Crippen molar-refractivity contribution in [2.75, 3.05) is 13.1 Å². The highest BCUT2D eigenvalue weighted by Crippen LogP contribution is 2.51. The number of amides is 2. The van der Waals surface area contributed by atoms with Gasteiger partial charge in [0.1, 0.15) is 24.4 Å². The largest absolute Gasteiger partial charge is 0.455 e. The summed E-state index contributed by atoms with van der Waals surface area (Å²) in [5.74, 6) is -1.03. The van der Waals surface area contributed by atoms with Crippen LogP contribution in [0.1, 0.15) is 97.3 Å². The van der Waals surface area contributed by atoms with Crippen LogP contribution in [0.2, 0.25) is 0 Å². The predicted octanol–water partition coefficient (Wildman–Crippen LogP) is 4.68. The van der Waals surface area contributed by atoms with E-state index in [1.54, 1.807) is 0 Å². The summed E-state index contributed by atoms with van der Waals surface area (Å²) in [4.78, 5) is 50.5. The fourth-order valence-electron chi connectivity index (χ4n) is 7.94. The minimum Gasteiger partial charge on any atom is -0.455 e. The summed E-state index contributed by atoms with van der Waals surface area (Å²) in [6, 6.07) is 0. The van der Waals surface area contributed by atoms with E-state index in [0.29, 0.717) is 49.9 Å². The molecule has 2 amide bonds. The van der Waals surface area contributed by atoms with Gasteiger partial charge >= 0.3 is 11.9 Å². The number of allylic oxidation sites excluding steroid dienone is 2. The van der Waals surface area contributed by atoms with Crippen LogP contribution in [0.15, 0.2) is 47.6 Å². The van der Waals surface area contributed by atoms with Gasteiger partial charge in [-0.25, -0.2) is 9.59 Å². The Balaban J connectivity index is 0.866. The van der Waals surface area contributed by atoms with Crippen molar-refractivity contribution < 1.29 is 38.1 Å². The Kier molecular flexibility index (Phi) is 9.81. The molecule has 6 aliphatic rings. The Labute approximate surface area is 277 Å². The fourth-order valence-corrected chi connectivity index (χ4v) is 7.94. The van der Waals surface area contributed by atoms with E-state index >= 15 is 0 Å². The zero-order valence-electron chi connectivity index (χ0n) is 27.9. The van der Waals surface area contributed by atoms with Crippen molar-refractivity contribution in [3.05, 3.63) is 47.6 Å². The molecule has 4 aliphatic heterocycles. The van der Waals surface area contributed by atoms with Crippen molar-refractivity contribution >= 4 is 23.8 Å². The third-order valence-corrected chi connectivity index (χ3v) is 11.2. The number of hydrogen-bond donors (Lipinski definition) is 2. The summed E-state index contributed by atoms with van der Waals surface area (Å²) >= 11 is 0. The Morgan fingerprint density at radius 2 is 1.13 bits per heavy atom. The molecule has 8 atom stereocenters. The second kappa shape index (κ2) is 13.7. The molecule has 0 bridgehead atoms. The molecule has 0 spiro atoms. The molecule has 2 N–H and O–H groups in total. The molecule has 2 aliphatic carbocycles. The van der Waals surface area contributed by atoms with Crippen LogP contribution in [0.3, 0.4) is 0 Å². The summed E-state index contributed by atoms with van der Waals surface area (Å²) in [5, 5.41) is 6.17. The van der Waals surface area contributed by atoms with Gasteiger partial charge in [-0.1, -0.05) is 44.6 Å². The number of nitrogens with one attached hydrogen (secondary N) is 2. The number of fused-ring (bicyclic) bond motifs is 6. The molecule has 0 unspecified atom stereocenters. The molecule has 4 fully saturated rings. The third-order valence-electron chi connectivity index (χ3n) is 11.2. The summed E-state index contributed by atoms with van der Waals surface area (Å²) in [6.07, 6.45) is 13.5. The van der Waals surface area contributed by atoms with Crippen LogP contribution in [0.5, 0.6) is 0 Å². The Morgan fingerprint density at radius 1 is 0.723 bits per heavy atom. The third kappa shape index (κ3) is 7.28. The van der Waals surface area contributed by atoms with Crippen LogP contribution in [-0.2, 0) is 38.1 Å². The lowest BCUT2D eigenvalue weighted by Gasteiger charge is -2.20. The smallest absolute Gasteiger partial charge is 0.334 e. The number of carbonyl (C=O) groups is 4. The number of ether oxygens (including phenoxy) is 4. The molecular weight excluding hydrogens is 600 g/mol. The first-order chi connectivity index (χ1) is 22.5. The van der Waals surface area contributed by atoms with Gasteiger partial charge in [-0.3, -0.25) is 9.59 Å². The normalized spacial score (nSPS) is 38.5. The van der Waals surface area contributed by atoms with Crippen molar-refractivity contribution in [1.82, 2.24) is 10.6 Å². The lowest BCUT2D eigenvalue weighted by atomic mass is 9.83. The second-order valence-corrected chi connectivity index (χ2v) is 14.6. The zero-order valence-corrected chi connectivity index (χ0v) is 27.9. The highest BCUT2D eigenvalue weighted by molar-refractivity contribution is 5.94. The summed E-state index contributed by atoms with van der Waals surface area (Å²) in [7, 11) is 0. The average molecular weight is 651 g/mol. The lowest BCUT2D eigenvalue weighted by molar-refractivity contribution is -0.140. The molecule has 10 nitrogen and oxygen atoms in total. The highest BCUT2D eigenvalue weighted by atomic mass is 16.7. The fraction of sp³-hybridized carbons (Fsp3) is 0.676. The van der Waals surface area contributed by atoms with Crippen LogP contribution in [0.25, 0.3) is 0 Å². The second-order valence-electron chi connectivity index (χ2n) is 14.6.